The summed E-state index contributed by atoms with van der Waals surface area (Å²) in [6.07, 6.45) is 2.18. The van der Waals surface area contributed by atoms with Crippen molar-refractivity contribution in [2.24, 2.45) is 0 Å². The van der Waals surface area contributed by atoms with Crippen molar-refractivity contribution in [3.63, 3.8) is 0 Å². The van der Waals surface area contributed by atoms with Gasteiger partial charge in [0.1, 0.15) is 0 Å². The summed E-state index contributed by atoms with van der Waals surface area (Å²) in [5, 5.41) is 4.26. The fraction of sp³-hybridized carbons (Fsp3) is 0.182. The van der Waals surface area contributed by atoms with Crippen LogP contribution in [0.2, 0.25) is 0 Å². The molecular formula is C22H23P. The molecule has 0 aliphatic rings. The Morgan fingerprint density at radius 1 is 0.522 bits per heavy atom. The van der Waals surface area contributed by atoms with Gasteiger partial charge in [-0.05, 0) is 47.8 Å². The van der Waals surface area contributed by atoms with E-state index < -0.39 is 7.92 Å². The van der Waals surface area contributed by atoms with Crippen molar-refractivity contribution in [3.05, 3.63) is 90.0 Å². The van der Waals surface area contributed by atoms with Gasteiger partial charge >= 0.3 is 0 Å². The van der Waals surface area contributed by atoms with Crippen LogP contribution in [0.25, 0.3) is 0 Å². The highest BCUT2D eigenvalue weighted by Gasteiger charge is 2.16. The Balaban J connectivity index is 2.05. The van der Waals surface area contributed by atoms with Gasteiger partial charge in [-0.1, -0.05) is 92.7 Å². The van der Waals surface area contributed by atoms with Gasteiger partial charge in [0.15, 0.2) is 0 Å². The Morgan fingerprint density at radius 3 is 1.30 bits per heavy atom. The molecule has 0 saturated carbocycles. The van der Waals surface area contributed by atoms with Crippen molar-refractivity contribution in [1.82, 2.24) is 0 Å². The maximum absolute atomic E-state index is 2.31. The minimum absolute atomic E-state index is 0.481. The average Bonchev–Trinajstić information content (AvgIpc) is 2.64. The Hall–Kier alpha value is -1.91. The zero-order chi connectivity index (χ0) is 16.1. The fourth-order valence-electron chi connectivity index (χ4n) is 2.79. The predicted octanol–water partition coefficient (Wildman–Crippen LogP) is 4.57. The van der Waals surface area contributed by atoms with Crippen molar-refractivity contribution in [2.75, 3.05) is 0 Å². The van der Waals surface area contributed by atoms with E-state index in [-0.39, 0.29) is 0 Å². The first-order valence-electron chi connectivity index (χ1n) is 8.35. The molecule has 0 heterocycles. The summed E-state index contributed by atoms with van der Waals surface area (Å²) in [5.41, 5.74) is 2.80. The molecule has 3 rings (SSSR count). The molecule has 0 bridgehead atoms. The Bertz CT molecular complexity index is 680. The number of hydrogen-bond donors (Lipinski definition) is 0. The molecule has 0 nitrogen and oxygen atoms in total. The summed E-state index contributed by atoms with van der Waals surface area (Å²) in [6, 6.07) is 29.2. The van der Waals surface area contributed by atoms with Crippen LogP contribution in [0.1, 0.15) is 25.0 Å². The van der Waals surface area contributed by atoms with E-state index in [1.165, 1.54) is 27.0 Å². The molecule has 0 aliphatic heterocycles. The average molecular weight is 318 g/mol. The highest BCUT2D eigenvalue weighted by molar-refractivity contribution is 7.79. The molecule has 0 saturated heterocycles. The van der Waals surface area contributed by atoms with Crippen molar-refractivity contribution >= 4 is 23.8 Å². The lowest BCUT2D eigenvalue weighted by Crippen LogP contribution is -2.20. The van der Waals surface area contributed by atoms with Gasteiger partial charge in [-0.3, -0.25) is 0 Å². The maximum atomic E-state index is 2.31. The van der Waals surface area contributed by atoms with Crippen molar-refractivity contribution in [1.29, 1.82) is 0 Å². The topological polar surface area (TPSA) is 0 Å². The zero-order valence-corrected chi connectivity index (χ0v) is 14.8. The third kappa shape index (κ3) is 3.71. The summed E-state index contributed by atoms with van der Waals surface area (Å²) >= 11 is 0. The molecule has 3 aromatic rings. The fourth-order valence-corrected chi connectivity index (χ4v) is 5.04. The summed E-state index contributed by atoms with van der Waals surface area (Å²) in [5.74, 6) is 0. The standard InChI is InChI=1S/C22H23P/c1-3-18-10-14-21(15-11-18)23(20-8-6-5-7-9-20)22-16-12-19(4-2)13-17-22/h5-17H,3-4H2,1-2H3. The highest BCUT2D eigenvalue weighted by atomic mass is 31.1. The molecule has 1 heteroatoms. The number of benzene rings is 3. The van der Waals surface area contributed by atoms with Crippen LogP contribution in [-0.2, 0) is 12.8 Å². The molecule has 0 fully saturated rings. The first kappa shape index (κ1) is 16.0. The zero-order valence-electron chi connectivity index (χ0n) is 13.9. The molecule has 0 atom stereocenters. The second-order valence-corrected chi connectivity index (χ2v) is 7.93. The minimum atomic E-state index is -0.481. The summed E-state index contributed by atoms with van der Waals surface area (Å²) in [4.78, 5) is 0. The van der Waals surface area contributed by atoms with Crippen LogP contribution in [-0.4, -0.2) is 0 Å². The lowest BCUT2D eigenvalue weighted by molar-refractivity contribution is 1.14. The van der Waals surface area contributed by atoms with Crippen LogP contribution < -0.4 is 15.9 Å². The third-order valence-corrected chi connectivity index (χ3v) is 6.66. The minimum Gasteiger partial charge on any atom is -0.0622 e. The van der Waals surface area contributed by atoms with Crippen molar-refractivity contribution < 1.29 is 0 Å². The summed E-state index contributed by atoms with van der Waals surface area (Å²) < 4.78 is 0. The van der Waals surface area contributed by atoms with Crippen LogP contribution in [0.5, 0.6) is 0 Å². The van der Waals surface area contributed by atoms with E-state index in [1.54, 1.807) is 0 Å². The van der Waals surface area contributed by atoms with E-state index in [0.717, 1.165) is 12.8 Å². The van der Waals surface area contributed by atoms with E-state index in [9.17, 15) is 0 Å². The molecule has 0 amide bonds. The molecule has 0 N–H and O–H groups in total. The van der Waals surface area contributed by atoms with Gasteiger partial charge in [0.05, 0.1) is 0 Å². The Morgan fingerprint density at radius 2 is 0.913 bits per heavy atom. The molecule has 0 aromatic heterocycles. The lowest BCUT2D eigenvalue weighted by Gasteiger charge is -2.20. The van der Waals surface area contributed by atoms with Crippen LogP contribution in [0.4, 0.5) is 0 Å². The maximum Gasteiger partial charge on any atom is -0.0134 e. The van der Waals surface area contributed by atoms with Crippen LogP contribution in [0, 0.1) is 0 Å². The first-order valence-corrected chi connectivity index (χ1v) is 9.69. The molecule has 3 aromatic carbocycles. The molecule has 116 valence electrons. The van der Waals surface area contributed by atoms with Gasteiger partial charge in [0, 0.05) is 0 Å². The van der Waals surface area contributed by atoms with Gasteiger partial charge in [-0.25, -0.2) is 0 Å². The quantitative estimate of drug-likeness (QED) is 0.605. The van der Waals surface area contributed by atoms with E-state index in [0.29, 0.717) is 0 Å². The lowest BCUT2D eigenvalue weighted by atomic mass is 10.2. The smallest absolute Gasteiger partial charge is 0.0134 e. The number of aryl methyl sites for hydroxylation is 2. The molecule has 23 heavy (non-hydrogen) atoms. The van der Waals surface area contributed by atoms with E-state index in [4.69, 9.17) is 0 Å². The monoisotopic (exact) mass is 318 g/mol. The molecule has 0 radical (unpaired) electrons. The summed E-state index contributed by atoms with van der Waals surface area (Å²) in [7, 11) is -0.481. The second kappa shape index (κ2) is 7.57. The van der Waals surface area contributed by atoms with Gasteiger partial charge in [0.2, 0.25) is 0 Å². The highest BCUT2D eigenvalue weighted by Crippen LogP contribution is 2.32. The Labute approximate surface area is 141 Å². The van der Waals surface area contributed by atoms with E-state index in [1.807, 2.05) is 0 Å². The number of hydrogen-bond acceptors (Lipinski definition) is 0. The Kier molecular flexibility index (Phi) is 5.26. The molecular weight excluding hydrogens is 295 g/mol. The molecule has 0 aliphatic carbocycles. The van der Waals surface area contributed by atoms with Gasteiger partial charge in [-0.15, -0.1) is 0 Å². The largest absolute Gasteiger partial charge is 0.0622 e. The second-order valence-electron chi connectivity index (χ2n) is 5.71. The van der Waals surface area contributed by atoms with Gasteiger partial charge in [0.25, 0.3) is 0 Å². The summed E-state index contributed by atoms with van der Waals surface area (Å²) in [6.45, 7) is 4.41. The number of rotatable bonds is 5. The normalized spacial score (nSPS) is 10.9. The van der Waals surface area contributed by atoms with Crippen molar-refractivity contribution in [2.45, 2.75) is 26.7 Å². The van der Waals surface area contributed by atoms with E-state index in [2.05, 4.69) is 92.7 Å². The first-order chi connectivity index (χ1) is 11.3. The third-order valence-electron chi connectivity index (χ3n) is 4.22. The predicted molar refractivity (Wildman–Crippen MR) is 104 cm³/mol. The molecule has 0 unspecified atom stereocenters. The SMILES string of the molecule is CCc1ccc(P(c2ccccc2)c2ccc(CC)cc2)cc1. The molecule has 0 spiro atoms. The van der Waals surface area contributed by atoms with Crippen LogP contribution >= 0.6 is 7.92 Å². The van der Waals surface area contributed by atoms with Gasteiger partial charge in [-0.2, -0.15) is 0 Å². The van der Waals surface area contributed by atoms with Gasteiger partial charge < -0.3 is 0 Å². The van der Waals surface area contributed by atoms with Crippen LogP contribution in [0.3, 0.4) is 0 Å². The van der Waals surface area contributed by atoms with Crippen molar-refractivity contribution in [3.8, 4) is 0 Å². The van der Waals surface area contributed by atoms with E-state index >= 15 is 0 Å². The van der Waals surface area contributed by atoms with Crippen LogP contribution in [0.15, 0.2) is 78.9 Å².